The van der Waals surface area contributed by atoms with E-state index in [4.69, 9.17) is 4.74 Å². The van der Waals surface area contributed by atoms with Crippen LogP contribution < -0.4 is 15.4 Å². The molecule has 0 aliphatic rings. The molecule has 0 unspecified atom stereocenters. The van der Waals surface area contributed by atoms with E-state index in [9.17, 15) is 23.1 Å². The van der Waals surface area contributed by atoms with Gasteiger partial charge in [-0.2, -0.15) is 0 Å². The van der Waals surface area contributed by atoms with Gasteiger partial charge in [0, 0.05) is 12.1 Å². The minimum atomic E-state index is -1.68. The van der Waals surface area contributed by atoms with Crippen molar-refractivity contribution in [1.82, 2.24) is 5.32 Å². The van der Waals surface area contributed by atoms with Crippen LogP contribution in [0.1, 0.15) is 11.7 Å². The standard InChI is InChI=1S/C16H15F3N2O3/c1-24-13-5-3-2-4-9(13)12(22)8-20-16(23)21-11-7-6-10(17)14(18)15(11)19/h2-7,12,22H,8H2,1H3,(H2,20,21,23)/t12-/m1/s1. The largest absolute Gasteiger partial charge is 0.496 e. The third-order valence-electron chi connectivity index (χ3n) is 3.24. The molecule has 8 heteroatoms. The number of aliphatic hydroxyl groups is 1. The highest BCUT2D eigenvalue weighted by Crippen LogP contribution is 2.24. The Morgan fingerprint density at radius 1 is 1.17 bits per heavy atom. The monoisotopic (exact) mass is 340 g/mol. The zero-order valence-corrected chi connectivity index (χ0v) is 12.6. The highest BCUT2D eigenvalue weighted by Gasteiger charge is 2.17. The lowest BCUT2D eigenvalue weighted by Gasteiger charge is -2.16. The Morgan fingerprint density at radius 2 is 1.88 bits per heavy atom. The second-order valence-corrected chi connectivity index (χ2v) is 4.82. The van der Waals surface area contributed by atoms with Crippen LogP contribution >= 0.6 is 0 Å². The SMILES string of the molecule is COc1ccccc1[C@H](O)CNC(=O)Nc1ccc(F)c(F)c1F. The first kappa shape index (κ1) is 17.6. The van der Waals surface area contributed by atoms with E-state index in [1.807, 2.05) is 5.32 Å². The maximum absolute atomic E-state index is 13.5. The lowest BCUT2D eigenvalue weighted by Crippen LogP contribution is -2.32. The van der Waals surface area contributed by atoms with Crippen molar-refractivity contribution in [3.05, 3.63) is 59.4 Å². The number of ether oxygens (including phenoxy) is 1. The number of amides is 2. The molecule has 0 bridgehead atoms. The number of para-hydroxylation sites is 1. The number of hydrogen-bond donors (Lipinski definition) is 3. The van der Waals surface area contributed by atoms with Gasteiger partial charge < -0.3 is 20.5 Å². The lowest BCUT2D eigenvalue weighted by molar-refractivity contribution is 0.171. The van der Waals surface area contributed by atoms with Crippen molar-refractivity contribution in [2.75, 3.05) is 19.0 Å². The van der Waals surface area contributed by atoms with E-state index in [1.165, 1.54) is 7.11 Å². The van der Waals surface area contributed by atoms with Gasteiger partial charge in [-0.25, -0.2) is 18.0 Å². The van der Waals surface area contributed by atoms with Crippen LogP contribution in [-0.4, -0.2) is 24.8 Å². The van der Waals surface area contributed by atoms with Gasteiger partial charge in [0.05, 0.1) is 18.9 Å². The summed E-state index contributed by atoms with van der Waals surface area (Å²) in [5, 5.41) is 14.4. The van der Waals surface area contributed by atoms with Crippen molar-refractivity contribution in [2.24, 2.45) is 0 Å². The Labute approximate surface area is 136 Å². The summed E-state index contributed by atoms with van der Waals surface area (Å²) in [7, 11) is 1.44. The van der Waals surface area contributed by atoms with Gasteiger partial charge in [0.25, 0.3) is 0 Å². The van der Waals surface area contributed by atoms with Crippen molar-refractivity contribution in [2.45, 2.75) is 6.10 Å². The number of hydrogen-bond acceptors (Lipinski definition) is 3. The lowest BCUT2D eigenvalue weighted by atomic mass is 10.1. The summed E-state index contributed by atoms with van der Waals surface area (Å²) < 4.78 is 44.5. The Hall–Kier alpha value is -2.74. The molecule has 128 valence electrons. The molecule has 0 fully saturated rings. The summed E-state index contributed by atoms with van der Waals surface area (Å²) in [4.78, 5) is 11.7. The normalized spacial score (nSPS) is 11.7. The van der Waals surface area contributed by atoms with E-state index in [0.717, 1.165) is 6.07 Å². The van der Waals surface area contributed by atoms with E-state index in [2.05, 4.69) is 5.32 Å². The zero-order chi connectivity index (χ0) is 17.7. The highest BCUT2D eigenvalue weighted by molar-refractivity contribution is 5.89. The molecular formula is C16H15F3N2O3. The third-order valence-corrected chi connectivity index (χ3v) is 3.24. The summed E-state index contributed by atoms with van der Waals surface area (Å²) in [6.45, 7) is -0.197. The van der Waals surface area contributed by atoms with E-state index in [-0.39, 0.29) is 6.54 Å². The zero-order valence-electron chi connectivity index (χ0n) is 12.6. The third kappa shape index (κ3) is 3.96. The molecule has 0 radical (unpaired) electrons. The molecular weight excluding hydrogens is 325 g/mol. The molecule has 0 aliphatic carbocycles. The average Bonchev–Trinajstić information content (AvgIpc) is 2.60. The summed E-state index contributed by atoms with van der Waals surface area (Å²) in [5.41, 5.74) is -0.0579. The van der Waals surface area contributed by atoms with Crippen LogP contribution in [-0.2, 0) is 0 Å². The Morgan fingerprint density at radius 3 is 2.58 bits per heavy atom. The molecule has 2 rings (SSSR count). The molecule has 5 nitrogen and oxygen atoms in total. The van der Waals surface area contributed by atoms with Crippen LogP contribution in [0.5, 0.6) is 5.75 Å². The van der Waals surface area contributed by atoms with Crippen LogP contribution in [0.4, 0.5) is 23.7 Å². The molecule has 3 N–H and O–H groups in total. The van der Waals surface area contributed by atoms with E-state index in [0.29, 0.717) is 17.4 Å². The van der Waals surface area contributed by atoms with E-state index >= 15 is 0 Å². The molecule has 0 heterocycles. The number of carbonyl (C=O) groups excluding carboxylic acids is 1. The molecule has 0 aromatic heterocycles. The van der Waals surface area contributed by atoms with Crippen molar-refractivity contribution in [1.29, 1.82) is 0 Å². The fourth-order valence-corrected chi connectivity index (χ4v) is 2.03. The molecule has 0 saturated carbocycles. The number of urea groups is 1. The second-order valence-electron chi connectivity index (χ2n) is 4.82. The van der Waals surface area contributed by atoms with Gasteiger partial charge in [-0.1, -0.05) is 18.2 Å². The van der Waals surface area contributed by atoms with Crippen LogP contribution in [0.25, 0.3) is 0 Å². The number of anilines is 1. The second kappa shape index (κ2) is 7.69. The predicted octanol–water partition coefficient (Wildman–Crippen LogP) is 2.97. The number of nitrogens with one attached hydrogen (secondary N) is 2. The summed E-state index contributed by atoms with van der Waals surface area (Å²) in [5.74, 6) is -4.10. The van der Waals surface area contributed by atoms with Crippen LogP contribution in [0.2, 0.25) is 0 Å². The summed E-state index contributed by atoms with van der Waals surface area (Å²) in [6, 6.07) is 7.39. The van der Waals surface area contributed by atoms with Crippen LogP contribution in [0, 0.1) is 17.5 Å². The van der Waals surface area contributed by atoms with E-state index < -0.39 is 35.3 Å². The molecule has 2 aromatic carbocycles. The van der Waals surface area contributed by atoms with Gasteiger partial charge in [0.1, 0.15) is 5.75 Å². The first-order valence-electron chi connectivity index (χ1n) is 6.93. The van der Waals surface area contributed by atoms with Crippen LogP contribution in [0.3, 0.4) is 0 Å². The van der Waals surface area contributed by atoms with Crippen molar-refractivity contribution in [3.8, 4) is 5.75 Å². The van der Waals surface area contributed by atoms with Gasteiger partial charge in [-0.15, -0.1) is 0 Å². The van der Waals surface area contributed by atoms with Gasteiger partial charge in [0.2, 0.25) is 0 Å². The molecule has 0 saturated heterocycles. The number of carbonyl (C=O) groups is 1. The number of methoxy groups -OCH3 is 1. The molecule has 2 amide bonds. The fourth-order valence-electron chi connectivity index (χ4n) is 2.03. The number of rotatable bonds is 5. The fraction of sp³-hybridized carbons (Fsp3) is 0.188. The molecule has 0 spiro atoms. The Balaban J connectivity index is 1.97. The number of halogens is 3. The average molecular weight is 340 g/mol. The Bertz CT molecular complexity index is 741. The molecule has 24 heavy (non-hydrogen) atoms. The van der Waals surface area contributed by atoms with Crippen LogP contribution in [0.15, 0.2) is 36.4 Å². The first-order valence-corrected chi connectivity index (χ1v) is 6.93. The predicted molar refractivity (Wildman–Crippen MR) is 81.3 cm³/mol. The highest BCUT2D eigenvalue weighted by atomic mass is 19.2. The van der Waals surface area contributed by atoms with Gasteiger partial charge >= 0.3 is 6.03 Å². The Kier molecular flexibility index (Phi) is 5.64. The minimum absolute atomic E-state index is 0.197. The van der Waals surface area contributed by atoms with Gasteiger partial charge in [-0.3, -0.25) is 0 Å². The maximum Gasteiger partial charge on any atom is 0.319 e. The number of aliphatic hydroxyl groups excluding tert-OH is 1. The molecule has 0 aliphatic heterocycles. The first-order chi connectivity index (χ1) is 11.4. The summed E-state index contributed by atoms with van der Waals surface area (Å²) >= 11 is 0. The quantitative estimate of drug-likeness (QED) is 0.733. The number of benzene rings is 2. The van der Waals surface area contributed by atoms with Crippen molar-refractivity contribution in [3.63, 3.8) is 0 Å². The summed E-state index contributed by atoms with van der Waals surface area (Å²) in [6.07, 6.45) is -1.07. The van der Waals surface area contributed by atoms with Crippen molar-refractivity contribution >= 4 is 11.7 Å². The molecule has 1 atom stereocenters. The van der Waals surface area contributed by atoms with E-state index in [1.54, 1.807) is 24.3 Å². The topological polar surface area (TPSA) is 70.6 Å². The maximum atomic E-state index is 13.5. The van der Waals surface area contributed by atoms with Crippen molar-refractivity contribution < 1.29 is 27.8 Å². The minimum Gasteiger partial charge on any atom is -0.496 e. The smallest absolute Gasteiger partial charge is 0.319 e. The van der Waals surface area contributed by atoms with Gasteiger partial charge in [0.15, 0.2) is 17.5 Å². The molecule has 2 aromatic rings. The van der Waals surface area contributed by atoms with Gasteiger partial charge in [-0.05, 0) is 18.2 Å².